The lowest BCUT2D eigenvalue weighted by Gasteiger charge is -2.07. The highest BCUT2D eigenvalue weighted by Gasteiger charge is 2.08. The van der Waals surface area contributed by atoms with Crippen molar-refractivity contribution in [3.63, 3.8) is 0 Å². The molecule has 0 amide bonds. The van der Waals surface area contributed by atoms with Crippen molar-refractivity contribution < 1.29 is 4.74 Å². The zero-order valence-electron chi connectivity index (χ0n) is 10.8. The van der Waals surface area contributed by atoms with E-state index < -0.39 is 0 Å². The van der Waals surface area contributed by atoms with Gasteiger partial charge >= 0.3 is 0 Å². The molecule has 3 aromatic rings. The molecule has 0 aromatic carbocycles. The van der Waals surface area contributed by atoms with Crippen LogP contribution >= 0.6 is 0 Å². The molecule has 4 N–H and O–H groups in total. The molecule has 20 heavy (non-hydrogen) atoms. The van der Waals surface area contributed by atoms with E-state index >= 15 is 0 Å². The number of nitrogens with two attached hydrogens (primary N) is 1. The van der Waals surface area contributed by atoms with E-state index in [1.165, 1.54) is 0 Å². The number of nitrogens with zero attached hydrogens (tertiary/aromatic N) is 4. The molecule has 0 spiro atoms. The Bertz CT molecular complexity index is 740. The second-order valence-electron chi connectivity index (χ2n) is 4.09. The highest BCUT2D eigenvalue weighted by atomic mass is 16.5. The monoisotopic (exact) mass is 271 g/mol. The molecule has 0 fully saturated rings. The Morgan fingerprint density at radius 3 is 3.10 bits per heavy atom. The van der Waals surface area contributed by atoms with Gasteiger partial charge < -0.3 is 20.8 Å². The fourth-order valence-corrected chi connectivity index (χ4v) is 1.84. The van der Waals surface area contributed by atoms with Gasteiger partial charge in [0.15, 0.2) is 11.5 Å². The lowest BCUT2D eigenvalue weighted by molar-refractivity contribution is 0.397. The molecule has 3 rings (SSSR count). The molecular formula is C12H13N7O. The molecule has 0 aliphatic rings. The molecule has 0 saturated heterocycles. The maximum atomic E-state index is 5.65. The number of hydrogen-bond donors (Lipinski definition) is 3. The standard InChI is InChI=1S/C12H13N7O/c1-20-8-4-7(2-3-14-8)5-15-10-9-11(17-6-16-9)19-12(13)18-10/h2-4,6H,5H2,1H3,(H4,13,15,16,17,18,19). The lowest BCUT2D eigenvalue weighted by atomic mass is 10.2. The predicted octanol–water partition coefficient (Wildman–Crippen LogP) is 0.951. The van der Waals surface area contributed by atoms with Crippen LogP contribution in [0.1, 0.15) is 5.56 Å². The quantitative estimate of drug-likeness (QED) is 0.647. The molecule has 0 saturated carbocycles. The van der Waals surface area contributed by atoms with Gasteiger partial charge in [-0.3, -0.25) is 0 Å². The number of pyridine rings is 1. The van der Waals surface area contributed by atoms with Gasteiger partial charge in [0.2, 0.25) is 11.8 Å². The molecule has 3 aromatic heterocycles. The van der Waals surface area contributed by atoms with Gasteiger partial charge in [-0.05, 0) is 11.6 Å². The van der Waals surface area contributed by atoms with Crippen molar-refractivity contribution in [3.8, 4) is 5.88 Å². The van der Waals surface area contributed by atoms with Crippen LogP contribution in [0.15, 0.2) is 24.7 Å². The third-order valence-electron chi connectivity index (χ3n) is 2.77. The summed E-state index contributed by atoms with van der Waals surface area (Å²) >= 11 is 0. The Morgan fingerprint density at radius 1 is 1.35 bits per heavy atom. The van der Waals surface area contributed by atoms with Crippen molar-refractivity contribution >= 4 is 22.9 Å². The highest BCUT2D eigenvalue weighted by Crippen LogP contribution is 2.18. The molecule has 102 valence electrons. The van der Waals surface area contributed by atoms with Crippen molar-refractivity contribution in [2.45, 2.75) is 6.54 Å². The summed E-state index contributed by atoms with van der Waals surface area (Å²) in [5.74, 6) is 1.36. The molecule has 0 bridgehead atoms. The molecular weight excluding hydrogens is 258 g/mol. The predicted molar refractivity (Wildman–Crippen MR) is 74.2 cm³/mol. The number of hydrogen-bond acceptors (Lipinski definition) is 7. The molecule has 8 nitrogen and oxygen atoms in total. The number of nitrogens with one attached hydrogen (secondary N) is 2. The average molecular weight is 271 g/mol. The molecule has 0 aliphatic carbocycles. The summed E-state index contributed by atoms with van der Waals surface area (Å²) in [5, 5.41) is 3.20. The Hall–Kier alpha value is -2.90. The Morgan fingerprint density at radius 2 is 2.25 bits per heavy atom. The van der Waals surface area contributed by atoms with Gasteiger partial charge in [0.25, 0.3) is 0 Å². The summed E-state index contributed by atoms with van der Waals surface area (Å²) < 4.78 is 5.08. The van der Waals surface area contributed by atoms with Gasteiger partial charge in [-0.1, -0.05) is 0 Å². The van der Waals surface area contributed by atoms with Crippen LogP contribution < -0.4 is 15.8 Å². The first-order chi connectivity index (χ1) is 9.76. The number of nitrogen functional groups attached to an aromatic ring is 1. The smallest absolute Gasteiger partial charge is 0.224 e. The van der Waals surface area contributed by atoms with E-state index in [4.69, 9.17) is 10.5 Å². The summed E-state index contributed by atoms with van der Waals surface area (Å²) in [6.45, 7) is 0.559. The Balaban J connectivity index is 1.84. The van der Waals surface area contributed by atoms with E-state index in [1.54, 1.807) is 19.6 Å². The summed E-state index contributed by atoms with van der Waals surface area (Å²) in [5.41, 5.74) is 7.92. The molecule has 8 heteroatoms. The first-order valence-corrected chi connectivity index (χ1v) is 5.95. The second kappa shape index (κ2) is 5.00. The number of aromatic nitrogens is 5. The second-order valence-corrected chi connectivity index (χ2v) is 4.09. The lowest BCUT2D eigenvalue weighted by Crippen LogP contribution is -2.05. The fourth-order valence-electron chi connectivity index (χ4n) is 1.84. The first-order valence-electron chi connectivity index (χ1n) is 5.95. The van der Waals surface area contributed by atoms with Crippen LogP contribution in [0.2, 0.25) is 0 Å². The van der Waals surface area contributed by atoms with Crippen LogP contribution in [0.3, 0.4) is 0 Å². The van der Waals surface area contributed by atoms with Crippen LogP contribution in [0.25, 0.3) is 11.2 Å². The zero-order valence-corrected chi connectivity index (χ0v) is 10.8. The number of fused-ring (bicyclic) bond motifs is 1. The van der Waals surface area contributed by atoms with E-state index in [0.717, 1.165) is 11.1 Å². The first kappa shape index (κ1) is 12.2. The minimum absolute atomic E-state index is 0.180. The molecule has 0 atom stereocenters. The fraction of sp³-hybridized carbons (Fsp3) is 0.167. The number of rotatable bonds is 4. The number of methoxy groups -OCH3 is 1. The third kappa shape index (κ3) is 2.30. The van der Waals surface area contributed by atoms with Crippen LogP contribution in [-0.2, 0) is 6.54 Å². The van der Waals surface area contributed by atoms with E-state index in [9.17, 15) is 0 Å². The van der Waals surface area contributed by atoms with Crippen LogP contribution in [0, 0.1) is 0 Å². The normalized spacial score (nSPS) is 10.7. The number of imidazole rings is 1. The van der Waals surface area contributed by atoms with Crippen LogP contribution in [-0.4, -0.2) is 32.0 Å². The summed E-state index contributed by atoms with van der Waals surface area (Å²) in [7, 11) is 1.58. The van der Waals surface area contributed by atoms with Gasteiger partial charge in [0.1, 0.15) is 5.52 Å². The Kier molecular flexibility index (Phi) is 3.04. The minimum Gasteiger partial charge on any atom is -0.481 e. The van der Waals surface area contributed by atoms with E-state index in [-0.39, 0.29) is 5.95 Å². The van der Waals surface area contributed by atoms with E-state index in [0.29, 0.717) is 23.9 Å². The van der Waals surface area contributed by atoms with Gasteiger partial charge in [-0.25, -0.2) is 9.97 Å². The van der Waals surface area contributed by atoms with Crippen LogP contribution in [0.4, 0.5) is 11.8 Å². The number of H-pyrrole nitrogens is 1. The average Bonchev–Trinajstić information content (AvgIpc) is 2.93. The van der Waals surface area contributed by atoms with Crippen molar-refractivity contribution in [1.29, 1.82) is 0 Å². The van der Waals surface area contributed by atoms with Gasteiger partial charge in [0.05, 0.1) is 13.4 Å². The molecule has 0 unspecified atom stereocenters. The topological polar surface area (TPSA) is 115 Å². The van der Waals surface area contributed by atoms with Crippen molar-refractivity contribution in [1.82, 2.24) is 24.9 Å². The number of aromatic amines is 1. The largest absolute Gasteiger partial charge is 0.481 e. The van der Waals surface area contributed by atoms with E-state index in [2.05, 4.69) is 30.2 Å². The van der Waals surface area contributed by atoms with E-state index in [1.807, 2.05) is 12.1 Å². The van der Waals surface area contributed by atoms with Crippen molar-refractivity contribution in [2.75, 3.05) is 18.2 Å². The summed E-state index contributed by atoms with van der Waals surface area (Å²) in [4.78, 5) is 19.3. The van der Waals surface area contributed by atoms with Crippen molar-refractivity contribution in [2.24, 2.45) is 0 Å². The Labute approximate surface area is 114 Å². The number of anilines is 2. The molecule has 0 aliphatic heterocycles. The maximum absolute atomic E-state index is 5.65. The SMILES string of the molecule is COc1cc(CNc2nc(N)nc3nc[nH]c23)ccn1. The van der Waals surface area contributed by atoms with Gasteiger partial charge in [-0.2, -0.15) is 9.97 Å². The highest BCUT2D eigenvalue weighted by molar-refractivity contribution is 5.83. The number of ether oxygens (including phenoxy) is 1. The molecule has 0 radical (unpaired) electrons. The third-order valence-corrected chi connectivity index (χ3v) is 2.77. The van der Waals surface area contributed by atoms with Crippen LogP contribution in [0.5, 0.6) is 5.88 Å². The zero-order chi connectivity index (χ0) is 13.9. The molecule has 3 heterocycles. The van der Waals surface area contributed by atoms with Gasteiger partial charge in [-0.15, -0.1) is 0 Å². The summed E-state index contributed by atoms with van der Waals surface area (Å²) in [6.07, 6.45) is 3.25. The maximum Gasteiger partial charge on any atom is 0.224 e. The van der Waals surface area contributed by atoms with Gasteiger partial charge in [0, 0.05) is 18.8 Å². The summed E-state index contributed by atoms with van der Waals surface area (Å²) in [6, 6.07) is 3.74. The van der Waals surface area contributed by atoms with Crippen molar-refractivity contribution in [3.05, 3.63) is 30.2 Å². The minimum atomic E-state index is 0.180.